The minimum absolute atomic E-state index is 0.133. The van der Waals surface area contributed by atoms with Crippen molar-refractivity contribution in [3.05, 3.63) is 77.2 Å². The molecular formula is C26H31N5O4. The number of hydrogen-bond donors (Lipinski definition) is 0. The Bertz CT molecular complexity index is 1150. The molecule has 0 bridgehead atoms. The Labute approximate surface area is 205 Å². The van der Waals surface area contributed by atoms with Gasteiger partial charge in [0.15, 0.2) is 0 Å². The minimum atomic E-state index is -0.917. The van der Waals surface area contributed by atoms with Crippen molar-refractivity contribution in [1.82, 2.24) is 20.0 Å². The predicted molar refractivity (Wildman–Crippen MR) is 131 cm³/mol. The van der Waals surface area contributed by atoms with E-state index in [9.17, 15) is 0 Å². The van der Waals surface area contributed by atoms with Gasteiger partial charge >= 0.3 is 6.01 Å². The van der Waals surface area contributed by atoms with Crippen LogP contribution in [0.2, 0.25) is 0 Å². The maximum atomic E-state index is 6.17. The average Bonchev–Trinajstić information content (AvgIpc) is 3.59. The van der Waals surface area contributed by atoms with E-state index < -0.39 is 5.79 Å². The van der Waals surface area contributed by atoms with Gasteiger partial charge in [0.1, 0.15) is 0 Å². The summed E-state index contributed by atoms with van der Waals surface area (Å²) in [5.74, 6) is 0.230. The molecule has 35 heavy (non-hydrogen) atoms. The number of benzene rings is 2. The van der Waals surface area contributed by atoms with Crippen molar-refractivity contribution >= 4 is 12.0 Å². The molecule has 0 aliphatic carbocycles. The smallest absolute Gasteiger partial charge is 0.345 e. The molecule has 1 atom stereocenters. The number of morpholine rings is 1. The van der Waals surface area contributed by atoms with Gasteiger partial charge in [-0.05, 0) is 18.6 Å². The zero-order valence-electron chi connectivity index (χ0n) is 20.4. The first-order valence-electron chi connectivity index (χ1n) is 11.9. The van der Waals surface area contributed by atoms with E-state index in [1.165, 1.54) is 0 Å². The number of guanidine groups is 1. The van der Waals surface area contributed by atoms with Crippen molar-refractivity contribution in [1.29, 1.82) is 0 Å². The van der Waals surface area contributed by atoms with Crippen LogP contribution in [-0.4, -0.2) is 79.6 Å². The molecule has 0 radical (unpaired) electrons. The number of rotatable bonds is 5. The fourth-order valence-electron chi connectivity index (χ4n) is 4.47. The highest BCUT2D eigenvalue weighted by atomic mass is 16.7. The fourth-order valence-corrected chi connectivity index (χ4v) is 4.47. The van der Waals surface area contributed by atoms with E-state index in [0.29, 0.717) is 32.3 Å². The molecule has 184 valence electrons. The highest BCUT2D eigenvalue weighted by Gasteiger charge is 2.40. The first-order chi connectivity index (χ1) is 17.1. The second kappa shape index (κ2) is 10.2. The van der Waals surface area contributed by atoms with Gasteiger partial charge in [0.2, 0.25) is 17.6 Å². The summed E-state index contributed by atoms with van der Waals surface area (Å²) in [4.78, 5) is 8.75. The molecule has 1 aromatic heterocycles. The summed E-state index contributed by atoms with van der Waals surface area (Å²) in [7, 11) is 3.91. The molecule has 2 aliphatic rings. The van der Waals surface area contributed by atoms with Crippen LogP contribution in [0, 0.1) is 0 Å². The molecule has 0 N–H and O–H groups in total. The highest BCUT2D eigenvalue weighted by Crippen LogP contribution is 2.39. The van der Waals surface area contributed by atoms with Crippen LogP contribution in [0.5, 0.6) is 0 Å². The van der Waals surface area contributed by atoms with Crippen LogP contribution >= 0.6 is 0 Å². The standard InChI is InChI=1S/C26H31N5O4/c1-19(23-28-29-24(35-23)27-25(30(2)3)31-12-14-32-15-13-31)20-8-7-11-22(18-20)26(33-16-17-34-26)21-9-5-4-6-10-21/h4-11,18-19H,12-17H2,1-3H3. The third kappa shape index (κ3) is 4.80. The summed E-state index contributed by atoms with van der Waals surface area (Å²) in [6.45, 7) is 6.01. The van der Waals surface area contributed by atoms with Gasteiger partial charge in [-0.3, -0.25) is 0 Å². The van der Waals surface area contributed by atoms with E-state index in [-0.39, 0.29) is 11.9 Å². The Hall–Kier alpha value is -3.27. The molecule has 0 amide bonds. The first kappa shape index (κ1) is 23.5. The monoisotopic (exact) mass is 477 g/mol. The van der Waals surface area contributed by atoms with E-state index in [0.717, 1.165) is 35.7 Å². The van der Waals surface area contributed by atoms with Crippen molar-refractivity contribution in [3.8, 4) is 0 Å². The van der Waals surface area contributed by atoms with Crippen molar-refractivity contribution in [2.45, 2.75) is 18.6 Å². The molecule has 3 aromatic rings. The Kier molecular flexibility index (Phi) is 6.81. The van der Waals surface area contributed by atoms with Gasteiger partial charge in [0.25, 0.3) is 0 Å². The maximum absolute atomic E-state index is 6.17. The number of aliphatic imine (C=N–C) groups is 1. The lowest BCUT2D eigenvalue weighted by molar-refractivity contribution is -0.129. The van der Waals surface area contributed by atoms with Crippen LogP contribution in [0.1, 0.15) is 35.4 Å². The zero-order valence-corrected chi connectivity index (χ0v) is 20.4. The normalized spacial score (nSPS) is 19.1. The second-order valence-electron chi connectivity index (χ2n) is 8.86. The van der Waals surface area contributed by atoms with Gasteiger partial charge in [0.05, 0.1) is 32.3 Å². The molecule has 5 rings (SSSR count). The van der Waals surface area contributed by atoms with Gasteiger partial charge < -0.3 is 28.4 Å². The molecule has 2 saturated heterocycles. The highest BCUT2D eigenvalue weighted by molar-refractivity contribution is 5.81. The molecule has 0 spiro atoms. The van der Waals surface area contributed by atoms with E-state index >= 15 is 0 Å². The van der Waals surface area contributed by atoms with E-state index in [4.69, 9.17) is 18.6 Å². The van der Waals surface area contributed by atoms with Gasteiger partial charge in [-0.15, -0.1) is 5.10 Å². The summed E-state index contributed by atoms with van der Waals surface area (Å²) in [5.41, 5.74) is 2.93. The number of ether oxygens (including phenoxy) is 3. The SMILES string of the molecule is CC(c1cccc(C2(c3ccccc3)OCCO2)c1)c1nnc(N=C(N(C)C)N2CCOCC2)o1. The lowest BCUT2D eigenvalue weighted by Crippen LogP contribution is -2.46. The van der Waals surface area contributed by atoms with Crippen LogP contribution < -0.4 is 0 Å². The molecule has 2 aliphatic heterocycles. The van der Waals surface area contributed by atoms with Crippen LogP contribution in [0.3, 0.4) is 0 Å². The summed E-state index contributed by atoms with van der Waals surface area (Å²) in [6.07, 6.45) is 0. The second-order valence-corrected chi connectivity index (χ2v) is 8.86. The largest absolute Gasteiger partial charge is 0.406 e. The lowest BCUT2D eigenvalue weighted by atomic mass is 9.92. The molecule has 0 saturated carbocycles. The van der Waals surface area contributed by atoms with Crippen LogP contribution in [0.4, 0.5) is 6.01 Å². The van der Waals surface area contributed by atoms with Gasteiger partial charge in [-0.1, -0.05) is 53.6 Å². The number of nitrogens with zero attached hydrogens (tertiary/aromatic N) is 5. The quantitative estimate of drug-likeness (QED) is 0.409. The third-order valence-electron chi connectivity index (χ3n) is 6.30. The molecule has 9 heteroatoms. The topological polar surface area (TPSA) is 85.5 Å². The van der Waals surface area contributed by atoms with Gasteiger partial charge in [-0.2, -0.15) is 4.99 Å². The average molecular weight is 478 g/mol. The van der Waals surface area contributed by atoms with E-state index in [1.54, 1.807) is 0 Å². The summed E-state index contributed by atoms with van der Waals surface area (Å²) < 4.78 is 23.8. The Morgan fingerprint density at radius 2 is 1.66 bits per heavy atom. The Balaban J connectivity index is 1.41. The Morgan fingerprint density at radius 3 is 2.37 bits per heavy atom. The van der Waals surface area contributed by atoms with Crippen molar-refractivity contribution in [2.24, 2.45) is 4.99 Å². The Morgan fingerprint density at radius 1 is 0.943 bits per heavy atom. The predicted octanol–water partition coefficient (Wildman–Crippen LogP) is 3.35. The number of hydrogen-bond acceptors (Lipinski definition) is 7. The van der Waals surface area contributed by atoms with Gasteiger partial charge in [-0.25, -0.2) is 0 Å². The summed E-state index contributed by atoms with van der Waals surface area (Å²) >= 11 is 0. The lowest BCUT2D eigenvalue weighted by Gasteiger charge is -2.32. The molecule has 2 aromatic carbocycles. The maximum Gasteiger partial charge on any atom is 0.345 e. The van der Waals surface area contributed by atoms with Crippen molar-refractivity contribution < 1.29 is 18.6 Å². The third-order valence-corrected chi connectivity index (χ3v) is 6.30. The van der Waals surface area contributed by atoms with Gasteiger partial charge in [0, 0.05) is 38.3 Å². The van der Waals surface area contributed by atoms with Crippen molar-refractivity contribution in [3.63, 3.8) is 0 Å². The van der Waals surface area contributed by atoms with E-state index in [2.05, 4.69) is 26.2 Å². The first-order valence-corrected chi connectivity index (χ1v) is 11.9. The fraction of sp³-hybridized carbons (Fsp3) is 0.423. The van der Waals surface area contributed by atoms with Crippen LogP contribution in [-0.2, 0) is 20.0 Å². The molecular weight excluding hydrogens is 446 g/mol. The minimum Gasteiger partial charge on any atom is -0.406 e. The van der Waals surface area contributed by atoms with Crippen LogP contribution in [0.25, 0.3) is 0 Å². The molecule has 3 heterocycles. The zero-order chi connectivity index (χ0) is 24.3. The molecule has 9 nitrogen and oxygen atoms in total. The summed E-state index contributed by atoms with van der Waals surface area (Å²) in [6, 6.07) is 18.5. The number of aromatic nitrogens is 2. The summed E-state index contributed by atoms with van der Waals surface area (Å²) in [5, 5.41) is 8.51. The molecule has 2 fully saturated rings. The van der Waals surface area contributed by atoms with Crippen molar-refractivity contribution in [2.75, 3.05) is 53.6 Å². The van der Waals surface area contributed by atoms with Crippen LogP contribution in [0.15, 0.2) is 64.0 Å². The van der Waals surface area contributed by atoms with E-state index in [1.807, 2.05) is 74.4 Å². The molecule has 1 unspecified atom stereocenters.